The Labute approximate surface area is 165 Å². The molecule has 0 saturated carbocycles. The number of carbonyl (C=O) groups is 1. The molecule has 1 aromatic carbocycles. The lowest BCUT2D eigenvalue weighted by molar-refractivity contribution is 0.102. The molecule has 4 rings (SSSR count). The molecule has 0 aliphatic carbocycles. The van der Waals surface area contributed by atoms with Gasteiger partial charge in [-0.25, -0.2) is 15.0 Å². The van der Waals surface area contributed by atoms with Gasteiger partial charge in [0.25, 0.3) is 5.91 Å². The number of methoxy groups -OCH3 is 1. The minimum atomic E-state index is -0.282. The largest absolute Gasteiger partial charge is 0.481 e. The summed E-state index contributed by atoms with van der Waals surface area (Å²) >= 11 is 1.39. The summed E-state index contributed by atoms with van der Waals surface area (Å²) in [5.74, 6) is 0.965. The molecule has 0 fully saturated rings. The number of amides is 1. The molecule has 1 amide bonds. The average molecular weight is 391 g/mol. The zero-order valence-corrected chi connectivity index (χ0v) is 16.1. The van der Waals surface area contributed by atoms with Crippen LogP contribution in [0.15, 0.2) is 61.1 Å². The number of nitrogens with zero attached hydrogens (tertiary/aromatic N) is 4. The molecule has 1 N–H and O–H groups in total. The third-order valence-electron chi connectivity index (χ3n) is 4.13. The first kappa shape index (κ1) is 17.9. The number of benzene rings is 1. The first-order valence-electron chi connectivity index (χ1n) is 8.51. The number of carbonyl (C=O) groups excluding carboxylic acids is 1. The Balaban J connectivity index is 1.69. The molecule has 140 valence electrons. The highest BCUT2D eigenvalue weighted by Gasteiger charge is 2.19. The lowest BCUT2D eigenvalue weighted by Crippen LogP contribution is -2.12. The van der Waals surface area contributed by atoms with Gasteiger partial charge in [-0.05, 0) is 6.07 Å². The van der Waals surface area contributed by atoms with Crippen molar-refractivity contribution in [3.63, 3.8) is 0 Å². The molecular formula is C20H17N5O2S. The van der Waals surface area contributed by atoms with E-state index in [1.54, 1.807) is 18.3 Å². The molecule has 0 bridgehead atoms. The van der Waals surface area contributed by atoms with Crippen LogP contribution in [0, 0.1) is 0 Å². The van der Waals surface area contributed by atoms with Crippen molar-refractivity contribution in [2.75, 3.05) is 12.4 Å². The van der Waals surface area contributed by atoms with Crippen LogP contribution in [-0.4, -0.2) is 32.5 Å². The first-order valence-corrected chi connectivity index (χ1v) is 9.32. The number of hydrogen-bond acceptors (Lipinski definition) is 6. The minimum Gasteiger partial charge on any atom is -0.481 e. The number of anilines is 1. The van der Waals surface area contributed by atoms with E-state index in [1.807, 2.05) is 48.1 Å². The van der Waals surface area contributed by atoms with E-state index >= 15 is 0 Å². The van der Waals surface area contributed by atoms with Gasteiger partial charge in [-0.3, -0.25) is 10.1 Å². The Morgan fingerprint density at radius 3 is 2.61 bits per heavy atom. The van der Waals surface area contributed by atoms with Crippen LogP contribution in [0.5, 0.6) is 5.88 Å². The summed E-state index contributed by atoms with van der Waals surface area (Å²) in [7, 11) is 3.46. The van der Waals surface area contributed by atoms with Gasteiger partial charge >= 0.3 is 0 Å². The summed E-state index contributed by atoms with van der Waals surface area (Å²) in [6, 6.07) is 13.1. The maximum absolute atomic E-state index is 12.6. The van der Waals surface area contributed by atoms with Gasteiger partial charge in [-0.1, -0.05) is 41.7 Å². The Morgan fingerprint density at radius 1 is 1.14 bits per heavy atom. The average Bonchev–Trinajstić information content (AvgIpc) is 3.34. The molecule has 0 aliphatic heterocycles. The molecule has 0 saturated heterocycles. The van der Waals surface area contributed by atoms with Gasteiger partial charge < -0.3 is 9.30 Å². The number of pyridine rings is 1. The quantitative estimate of drug-likeness (QED) is 0.558. The summed E-state index contributed by atoms with van der Waals surface area (Å²) in [5, 5.41) is 3.36. The van der Waals surface area contributed by atoms with Crippen LogP contribution in [0.2, 0.25) is 0 Å². The number of rotatable bonds is 5. The van der Waals surface area contributed by atoms with E-state index in [2.05, 4.69) is 20.3 Å². The van der Waals surface area contributed by atoms with Crippen molar-refractivity contribution in [2.24, 2.45) is 7.05 Å². The summed E-state index contributed by atoms with van der Waals surface area (Å²) < 4.78 is 6.95. The topological polar surface area (TPSA) is 81.9 Å². The number of thiazole rings is 1. The highest BCUT2D eigenvalue weighted by Crippen LogP contribution is 2.38. The zero-order valence-electron chi connectivity index (χ0n) is 15.3. The molecule has 0 unspecified atom stereocenters. The number of imidazole rings is 1. The lowest BCUT2D eigenvalue weighted by Gasteiger charge is -2.02. The smallest absolute Gasteiger partial charge is 0.259 e. The second-order valence-electron chi connectivity index (χ2n) is 5.97. The maximum atomic E-state index is 12.6. The van der Waals surface area contributed by atoms with Crippen molar-refractivity contribution < 1.29 is 9.53 Å². The number of ether oxygens (including phenoxy) is 1. The third-order valence-corrected chi connectivity index (χ3v) is 5.09. The molecule has 8 heteroatoms. The van der Waals surface area contributed by atoms with Crippen LogP contribution < -0.4 is 10.1 Å². The number of aryl methyl sites for hydroxylation is 1. The van der Waals surface area contributed by atoms with Crippen molar-refractivity contribution in [3.05, 3.63) is 66.6 Å². The molecule has 0 radical (unpaired) electrons. The van der Waals surface area contributed by atoms with E-state index in [1.165, 1.54) is 24.6 Å². The van der Waals surface area contributed by atoms with E-state index < -0.39 is 0 Å². The Bertz CT molecular complexity index is 1100. The highest BCUT2D eigenvalue weighted by atomic mass is 32.1. The standard InChI is InChI=1S/C20H17N5O2S/c1-25-11-10-21-18(25)17-16(13-6-4-3-5-7-13)23-20(28-17)24-19(26)14-8-9-15(27-2)22-12-14/h3-12H,1-2H3,(H,23,24,26). The Kier molecular flexibility index (Phi) is 4.86. The van der Waals surface area contributed by atoms with Gasteiger partial charge in [-0.2, -0.15) is 0 Å². The van der Waals surface area contributed by atoms with Gasteiger partial charge in [-0.15, -0.1) is 0 Å². The molecular weight excluding hydrogens is 374 g/mol. The molecule has 3 heterocycles. The highest BCUT2D eigenvalue weighted by molar-refractivity contribution is 7.19. The predicted molar refractivity (Wildman–Crippen MR) is 108 cm³/mol. The second kappa shape index (κ2) is 7.61. The number of aromatic nitrogens is 4. The van der Waals surface area contributed by atoms with Crippen molar-refractivity contribution in [3.8, 4) is 27.8 Å². The molecule has 0 spiro atoms. The van der Waals surface area contributed by atoms with Gasteiger partial charge in [0.1, 0.15) is 0 Å². The second-order valence-corrected chi connectivity index (χ2v) is 6.97. The molecule has 0 aliphatic rings. The first-order chi connectivity index (χ1) is 13.7. The van der Waals surface area contributed by atoms with Crippen LogP contribution in [-0.2, 0) is 7.05 Å². The van der Waals surface area contributed by atoms with Crippen LogP contribution in [0.3, 0.4) is 0 Å². The van der Waals surface area contributed by atoms with Crippen LogP contribution in [0.4, 0.5) is 5.13 Å². The maximum Gasteiger partial charge on any atom is 0.259 e. The van der Waals surface area contributed by atoms with Gasteiger partial charge in [0, 0.05) is 37.3 Å². The SMILES string of the molecule is COc1ccc(C(=O)Nc2nc(-c3ccccc3)c(-c3nccn3C)s2)cn1. The van der Waals surface area contributed by atoms with Crippen LogP contribution in [0.1, 0.15) is 10.4 Å². The van der Waals surface area contributed by atoms with Crippen molar-refractivity contribution in [2.45, 2.75) is 0 Å². The summed E-state index contributed by atoms with van der Waals surface area (Å²) in [6.45, 7) is 0. The summed E-state index contributed by atoms with van der Waals surface area (Å²) in [6.07, 6.45) is 5.09. The van der Waals surface area contributed by atoms with E-state index in [0.29, 0.717) is 16.6 Å². The van der Waals surface area contributed by atoms with Crippen molar-refractivity contribution in [1.29, 1.82) is 0 Å². The van der Waals surface area contributed by atoms with Gasteiger partial charge in [0.15, 0.2) is 11.0 Å². The number of nitrogens with one attached hydrogen (secondary N) is 1. The van der Waals surface area contributed by atoms with Gasteiger partial charge in [0.2, 0.25) is 5.88 Å². The van der Waals surface area contributed by atoms with E-state index in [4.69, 9.17) is 4.74 Å². The summed E-state index contributed by atoms with van der Waals surface area (Å²) in [4.78, 5) is 26.6. The Morgan fingerprint density at radius 2 is 1.96 bits per heavy atom. The predicted octanol–water partition coefficient (Wildman–Crippen LogP) is 3.87. The van der Waals surface area contributed by atoms with Crippen LogP contribution >= 0.6 is 11.3 Å². The third kappa shape index (κ3) is 3.49. The number of hydrogen-bond donors (Lipinski definition) is 1. The van der Waals surface area contributed by atoms with Crippen LogP contribution in [0.25, 0.3) is 22.0 Å². The fourth-order valence-corrected chi connectivity index (χ4v) is 3.73. The molecule has 4 aromatic rings. The summed E-state index contributed by atoms with van der Waals surface area (Å²) in [5.41, 5.74) is 2.17. The zero-order chi connectivity index (χ0) is 19.5. The molecule has 3 aromatic heterocycles. The molecule has 28 heavy (non-hydrogen) atoms. The fraction of sp³-hybridized carbons (Fsp3) is 0.100. The minimum absolute atomic E-state index is 0.282. The van der Waals surface area contributed by atoms with E-state index in [0.717, 1.165) is 22.0 Å². The van der Waals surface area contributed by atoms with E-state index in [-0.39, 0.29) is 5.91 Å². The van der Waals surface area contributed by atoms with Gasteiger partial charge in [0.05, 0.1) is 23.2 Å². The fourth-order valence-electron chi connectivity index (χ4n) is 2.71. The monoisotopic (exact) mass is 391 g/mol. The Hall–Kier alpha value is -3.52. The molecule has 0 atom stereocenters. The lowest BCUT2D eigenvalue weighted by atomic mass is 10.1. The molecule has 7 nitrogen and oxygen atoms in total. The normalized spacial score (nSPS) is 10.6. The van der Waals surface area contributed by atoms with Crippen molar-refractivity contribution in [1.82, 2.24) is 19.5 Å². The van der Waals surface area contributed by atoms with E-state index in [9.17, 15) is 4.79 Å². The van der Waals surface area contributed by atoms with Crippen molar-refractivity contribution >= 4 is 22.4 Å².